The summed E-state index contributed by atoms with van der Waals surface area (Å²) in [6.45, 7) is 0. The molecule has 0 heterocycles. The third-order valence-corrected chi connectivity index (χ3v) is 4.19. The van der Waals surface area contributed by atoms with Gasteiger partial charge in [-0.25, -0.2) is 0 Å². The number of fused-ring (bicyclic) bond motifs is 1. The second-order valence-electron chi connectivity index (χ2n) is 5.25. The van der Waals surface area contributed by atoms with E-state index in [9.17, 15) is 0 Å². The Labute approximate surface area is 144 Å². The van der Waals surface area contributed by atoms with Gasteiger partial charge in [0.05, 0.1) is 16.4 Å². The first kappa shape index (κ1) is 4.82. The monoisotopic (exact) mass is 288 g/mol. The van der Waals surface area contributed by atoms with E-state index >= 15 is 0 Å². The minimum Gasteiger partial charge on any atom is -0.0610 e. The highest BCUT2D eigenvalue weighted by Gasteiger charge is 2.15. The fraction of sp³-hybridized carbons (Fsp3) is 0. The highest BCUT2D eigenvalue weighted by atomic mass is 14.2. The molecule has 0 spiro atoms. The fourth-order valence-corrected chi connectivity index (χ4v) is 3.31. The van der Waals surface area contributed by atoms with Crippen molar-refractivity contribution in [3.63, 3.8) is 0 Å². The van der Waals surface area contributed by atoms with Crippen LogP contribution in [0.2, 0.25) is 0 Å². The van der Waals surface area contributed by atoms with Gasteiger partial charge in [0.2, 0.25) is 0 Å². The molecule has 0 atom stereocenters. The van der Waals surface area contributed by atoms with Gasteiger partial charge in [0.15, 0.2) is 0 Å². The number of rotatable bonds is 0. The van der Waals surface area contributed by atoms with Crippen molar-refractivity contribution in [3.05, 3.63) is 72.5 Å². The Bertz CT molecular complexity index is 1770. The molecule has 22 heavy (non-hydrogen) atoms. The molecule has 0 aliphatic heterocycles. The molecule has 0 nitrogen and oxygen atoms in total. The third kappa shape index (κ3) is 1.09. The topological polar surface area (TPSA) is 0 Å². The van der Waals surface area contributed by atoms with Crippen LogP contribution in [0.25, 0.3) is 53.9 Å². The molecular weight excluding hydrogens is 264 g/mol. The van der Waals surface area contributed by atoms with Crippen LogP contribution in [-0.4, -0.2) is 0 Å². The Kier molecular flexibility index (Phi) is 0.762. The summed E-state index contributed by atoms with van der Waals surface area (Å²) in [6, 6.07) is -5.52. The maximum atomic E-state index is 8.64. The van der Waals surface area contributed by atoms with E-state index in [1.54, 1.807) is 0 Å². The lowest BCUT2D eigenvalue weighted by molar-refractivity contribution is 1.79. The van der Waals surface area contributed by atoms with Crippen LogP contribution in [-0.2, 0) is 0 Å². The zero-order chi connectivity index (χ0) is 24.7. The Balaban J connectivity index is 2.28. The molecule has 6 rings (SSSR count). The lowest BCUT2D eigenvalue weighted by Crippen LogP contribution is -1.89. The summed E-state index contributed by atoms with van der Waals surface area (Å²) in [5.41, 5.74) is 0. The van der Waals surface area contributed by atoms with Gasteiger partial charge in [-0.3, -0.25) is 0 Å². The summed E-state index contributed by atoms with van der Waals surface area (Å²) < 4.78 is 102. The fourth-order valence-electron chi connectivity index (χ4n) is 3.31. The summed E-state index contributed by atoms with van der Waals surface area (Å²) >= 11 is 0. The molecule has 0 fully saturated rings. The van der Waals surface area contributed by atoms with Crippen LogP contribution in [0, 0.1) is 0 Å². The lowest BCUT2D eigenvalue weighted by Gasteiger charge is -2.17. The Morgan fingerprint density at radius 1 is 0.409 bits per heavy atom. The van der Waals surface area contributed by atoms with E-state index in [-0.39, 0.29) is 53.9 Å². The van der Waals surface area contributed by atoms with Gasteiger partial charge in [-0.15, -0.1) is 0 Å². The molecule has 100 valence electrons. The second kappa shape index (κ2) is 3.48. The van der Waals surface area contributed by atoms with Gasteiger partial charge in [0.1, 0.15) is 0 Å². The maximum Gasteiger partial charge on any atom is 0.0629 e. The molecule has 0 saturated heterocycles. The highest BCUT2D eigenvalue weighted by molar-refractivity contribution is 6.39. The van der Waals surface area contributed by atoms with Crippen LogP contribution in [0.1, 0.15) is 16.4 Å². The van der Waals surface area contributed by atoms with Crippen molar-refractivity contribution in [2.75, 3.05) is 0 Å². The van der Waals surface area contributed by atoms with Crippen molar-refractivity contribution in [1.29, 1.82) is 0 Å². The predicted molar refractivity (Wildman–Crippen MR) is 96.3 cm³/mol. The van der Waals surface area contributed by atoms with E-state index in [0.29, 0.717) is 0 Å². The van der Waals surface area contributed by atoms with Crippen molar-refractivity contribution in [1.82, 2.24) is 0 Å². The van der Waals surface area contributed by atoms with Crippen LogP contribution in [0.15, 0.2) is 72.5 Å². The first-order valence-corrected chi connectivity index (χ1v) is 6.75. The van der Waals surface area contributed by atoms with Crippen LogP contribution in [0.4, 0.5) is 0 Å². The lowest BCUT2D eigenvalue weighted by atomic mass is 9.86. The molecule has 0 radical (unpaired) electrons. The summed E-state index contributed by atoms with van der Waals surface area (Å²) in [5.74, 6) is 0. The van der Waals surface area contributed by atoms with Gasteiger partial charge in [0.25, 0.3) is 0 Å². The Hall–Kier alpha value is -2.86. The van der Waals surface area contributed by atoms with E-state index in [1.165, 1.54) is 0 Å². The van der Waals surface area contributed by atoms with Crippen molar-refractivity contribution in [2.24, 2.45) is 0 Å². The van der Waals surface area contributed by atoms with Crippen LogP contribution in [0.5, 0.6) is 0 Å². The molecule has 0 N–H and O–H groups in total. The molecule has 0 bridgehead atoms. The molecule has 0 unspecified atom stereocenters. The van der Waals surface area contributed by atoms with Crippen molar-refractivity contribution in [2.45, 2.75) is 0 Å². The molecule has 0 aliphatic carbocycles. The van der Waals surface area contributed by atoms with Gasteiger partial charge in [-0.2, -0.15) is 0 Å². The zero-order valence-corrected chi connectivity index (χ0v) is 11.0. The maximum absolute atomic E-state index is 8.64. The smallest absolute Gasteiger partial charge is 0.0610 e. The Morgan fingerprint density at radius 3 is 1.18 bits per heavy atom. The van der Waals surface area contributed by atoms with Gasteiger partial charge in [-0.05, 0) is 53.9 Å². The Morgan fingerprint density at radius 2 is 0.773 bits per heavy atom. The summed E-state index contributed by atoms with van der Waals surface area (Å²) in [6.07, 6.45) is 0. The molecule has 0 aromatic heterocycles. The minimum atomic E-state index is -0.533. The molecule has 6 aromatic rings. The van der Waals surface area contributed by atoms with E-state index < -0.39 is 72.5 Å². The van der Waals surface area contributed by atoms with E-state index in [4.69, 9.17) is 16.4 Å². The molecule has 0 amide bonds. The van der Waals surface area contributed by atoms with Crippen molar-refractivity contribution in [3.8, 4) is 0 Å². The van der Waals surface area contributed by atoms with Crippen LogP contribution >= 0.6 is 0 Å². The summed E-state index contributed by atoms with van der Waals surface area (Å²) in [5, 5.41) is 0.00485. The van der Waals surface area contributed by atoms with Gasteiger partial charge >= 0.3 is 0 Å². The molecular formula is C22H12. The van der Waals surface area contributed by atoms with E-state index in [2.05, 4.69) is 0 Å². The third-order valence-electron chi connectivity index (χ3n) is 4.19. The second-order valence-corrected chi connectivity index (χ2v) is 5.25. The highest BCUT2D eigenvalue weighted by Crippen LogP contribution is 2.44. The molecule has 0 heteroatoms. The summed E-state index contributed by atoms with van der Waals surface area (Å²) in [7, 11) is 0. The average Bonchev–Trinajstić information content (AvgIpc) is 2.80. The first-order valence-electron chi connectivity index (χ1n) is 12.8. The van der Waals surface area contributed by atoms with Crippen LogP contribution < -0.4 is 0 Å². The van der Waals surface area contributed by atoms with Gasteiger partial charge in [-0.1, -0.05) is 72.5 Å². The van der Waals surface area contributed by atoms with E-state index in [1.807, 2.05) is 0 Å². The SMILES string of the molecule is [2H]c1c([2H])c2c([2H])c([2H])c3c([2H])c([2H])c4c([2H])c([2H])c5c([2H])c([2H])c([2H])c6c(c1[2H])c2c3c4c56. The van der Waals surface area contributed by atoms with Crippen molar-refractivity contribution < 1.29 is 16.4 Å². The van der Waals surface area contributed by atoms with Crippen LogP contribution in [0.3, 0.4) is 0 Å². The standard InChI is InChI=1S/C22H12/c1-3-13-7-9-15-11-12-16-10-8-14-4-2-6-18-17(5-1)19(13)21(15)22(16)20(14)18/h1-12H/i1D,2D,3D,4D,5D,6D,7D,8D,9D,10D,11D,12D. The average molecular weight is 288 g/mol. The largest absolute Gasteiger partial charge is 0.0629 e. The van der Waals surface area contributed by atoms with Gasteiger partial charge in [0, 0.05) is 0 Å². The predicted octanol–water partition coefficient (Wildman–Crippen LogP) is 6.33. The number of hydrogen-bond acceptors (Lipinski definition) is 0. The first-order chi connectivity index (χ1) is 15.9. The number of hydrogen-bond donors (Lipinski definition) is 0. The minimum absolute atomic E-state index is 0.0268. The molecule has 0 saturated carbocycles. The normalized spacial score (nSPS) is 20.2. The van der Waals surface area contributed by atoms with Crippen molar-refractivity contribution >= 4 is 53.9 Å². The quantitative estimate of drug-likeness (QED) is 0.226. The molecule has 6 aromatic carbocycles. The molecule has 0 aliphatic rings. The van der Waals surface area contributed by atoms with E-state index in [0.717, 1.165) is 0 Å². The van der Waals surface area contributed by atoms with Gasteiger partial charge < -0.3 is 0 Å². The summed E-state index contributed by atoms with van der Waals surface area (Å²) in [4.78, 5) is 0. The zero-order valence-electron chi connectivity index (χ0n) is 23.0. The number of benzene rings is 6.